The lowest BCUT2D eigenvalue weighted by Crippen LogP contribution is -2.07. The molecule has 4 unspecified atom stereocenters. The van der Waals surface area contributed by atoms with Gasteiger partial charge in [-0.3, -0.25) is 0 Å². The van der Waals surface area contributed by atoms with Crippen LogP contribution in [-0.2, 0) is 5.88 Å². The molecule has 0 spiro atoms. The predicted octanol–water partition coefficient (Wildman–Crippen LogP) is 5.30. The summed E-state index contributed by atoms with van der Waals surface area (Å²) >= 11 is 18.5. The van der Waals surface area contributed by atoms with E-state index in [1.165, 1.54) is 19.3 Å². The molecule has 2 bridgehead atoms. The molecule has 21 heavy (non-hydrogen) atoms. The first-order valence-corrected chi connectivity index (χ1v) is 8.90. The van der Waals surface area contributed by atoms with Gasteiger partial charge in [0, 0.05) is 6.04 Å². The molecule has 3 fully saturated rings. The summed E-state index contributed by atoms with van der Waals surface area (Å²) in [6.45, 7) is 0. The summed E-state index contributed by atoms with van der Waals surface area (Å²) in [4.78, 5) is 4.68. The first-order chi connectivity index (χ1) is 10.2. The lowest BCUT2D eigenvalue weighted by Gasteiger charge is -2.13. The van der Waals surface area contributed by atoms with E-state index in [4.69, 9.17) is 34.8 Å². The van der Waals surface area contributed by atoms with Gasteiger partial charge in [0.2, 0.25) is 0 Å². The zero-order valence-electron chi connectivity index (χ0n) is 11.4. The minimum absolute atomic E-state index is 0.440. The Labute approximate surface area is 138 Å². The van der Waals surface area contributed by atoms with Crippen LogP contribution in [0, 0.1) is 23.7 Å². The SMILES string of the molecule is ClCc1nc2cc(Cl)c(Cl)cc2n1C1C2C3CCC(C3)C21. The van der Waals surface area contributed by atoms with Crippen molar-refractivity contribution in [3.05, 3.63) is 28.0 Å². The van der Waals surface area contributed by atoms with E-state index >= 15 is 0 Å². The second kappa shape index (κ2) is 4.31. The Kier molecular flexibility index (Phi) is 2.67. The van der Waals surface area contributed by atoms with Crippen molar-refractivity contribution in [1.82, 2.24) is 9.55 Å². The number of alkyl halides is 1. The first kappa shape index (κ1) is 13.0. The predicted molar refractivity (Wildman–Crippen MR) is 86.2 cm³/mol. The van der Waals surface area contributed by atoms with E-state index in [1.807, 2.05) is 12.1 Å². The zero-order chi connectivity index (χ0) is 14.3. The maximum Gasteiger partial charge on any atom is 0.125 e. The molecule has 5 rings (SSSR count). The zero-order valence-corrected chi connectivity index (χ0v) is 13.7. The highest BCUT2D eigenvalue weighted by molar-refractivity contribution is 6.42. The van der Waals surface area contributed by atoms with E-state index in [2.05, 4.69) is 9.55 Å². The Morgan fingerprint density at radius 3 is 2.43 bits per heavy atom. The van der Waals surface area contributed by atoms with Crippen LogP contribution < -0.4 is 0 Å². The number of rotatable bonds is 2. The van der Waals surface area contributed by atoms with Crippen LogP contribution in [0.3, 0.4) is 0 Å². The second-order valence-electron chi connectivity index (χ2n) is 6.77. The number of benzene rings is 1. The van der Waals surface area contributed by atoms with Crippen molar-refractivity contribution >= 4 is 45.8 Å². The Balaban J connectivity index is 1.67. The number of hydrogen-bond donors (Lipinski definition) is 0. The summed E-state index contributed by atoms with van der Waals surface area (Å²) in [6, 6.07) is 4.41. The van der Waals surface area contributed by atoms with Crippen LogP contribution in [0.15, 0.2) is 12.1 Å². The van der Waals surface area contributed by atoms with E-state index < -0.39 is 0 Å². The van der Waals surface area contributed by atoms with Crippen molar-refractivity contribution in [2.75, 3.05) is 0 Å². The molecular weight excluding hydrogens is 327 g/mol. The van der Waals surface area contributed by atoms with E-state index in [0.717, 1.165) is 40.5 Å². The lowest BCUT2D eigenvalue weighted by molar-refractivity contribution is 0.454. The van der Waals surface area contributed by atoms with E-state index in [9.17, 15) is 0 Å². The maximum atomic E-state index is 6.22. The normalized spacial score (nSPS) is 36.4. The maximum absolute atomic E-state index is 6.22. The quantitative estimate of drug-likeness (QED) is 0.678. The molecule has 110 valence electrons. The van der Waals surface area contributed by atoms with Crippen molar-refractivity contribution in [2.24, 2.45) is 23.7 Å². The van der Waals surface area contributed by atoms with Crippen LogP contribution in [-0.4, -0.2) is 9.55 Å². The standard InChI is InChI=1S/C16H15Cl3N2/c17-6-13-20-11-4-9(18)10(19)5-12(11)21(13)16-14-7-1-2-8(3-7)15(14)16/h4-5,7-8,14-16H,1-3,6H2. The van der Waals surface area contributed by atoms with Gasteiger partial charge in [-0.2, -0.15) is 0 Å². The summed E-state index contributed by atoms with van der Waals surface area (Å²) in [6.07, 6.45) is 4.27. The monoisotopic (exact) mass is 340 g/mol. The molecule has 0 aliphatic heterocycles. The molecule has 0 saturated heterocycles. The highest BCUT2D eigenvalue weighted by Gasteiger charge is 2.66. The highest BCUT2D eigenvalue weighted by atomic mass is 35.5. The number of hydrogen-bond acceptors (Lipinski definition) is 1. The molecule has 0 radical (unpaired) electrons. The summed E-state index contributed by atoms with van der Waals surface area (Å²) < 4.78 is 2.37. The van der Waals surface area contributed by atoms with Crippen molar-refractivity contribution < 1.29 is 0 Å². The van der Waals surface area contributed by atoms with Gasteiger partial charge in [-0.1, -0.05) is 23.2 Å². The van der Waals surface area contributed by atoms with Gasteiger partial charge in [-0.15, -0.1) is 11.6 Å². The number of nitrogens with zero attached hydrogens (tertiary/aromatic N) is 2. The molecule has 4 atom stereocenters. The Morgan fingerprint density at radius 2 is 1.76 bits per heavy atom. The molecule has 3 aliphatic carbocycles. The van der Waals surface area contributed by atoms with Gasteiger partial charge in [-0.25, -0.2) is 4.98 Å². The van der Waals surface area contributed by atoms with Gasteiger partial charge >= 0.3 is 0 Å². The molecule has 0 N–H and O–H groups in total. The largest absolute Gasteiger partial charge is 0.323 e. The second-order valence-corrected chi connectivity index (χ2v) is 7.85. The molecule has 1 heterocycles. The number of halogens is 3. The van der Waals surface area contributed by atoms with E-state index in [1.54, 1.807) is 0 Å². The van der Waals surface area contributed by atoms with Gasteiger partial charge in [-0.05, 0) is 55.1 Å². The fourth-order valence-corrected chi connectivity index (χ4v) is 5.70. The van der Waals surface area contributed by atoms with Gasteiger partial charge in [0.05, 0.1) is 27.0 Å². The fourth-order valence-electron chi connectivity index (χ4n) is 5.19. The van der Waals surface area contributed by atoms with Crippen LogP contribution in [0.2, 0.25) is 10.0 Å². The summed E-state index contributed by atoms with van der Waals surface area (Å²) in [5.41, 5.74) is 2.01. The first-order valence-electron chi connectivity index (χ1n) is 7.61. The minimum Gasteiger partial charge on any atom is -0.323 e. The van der Waals surface area contributed by atoms with Crippen LogP contribution in [0.4, 0.5) is 0 Å². The van der Waals surface area contributed by atoms with E-state index in [-0.39, 0.29) is 0 Å². The van der Waals surface area contributed by atoms with Crippen molar-refractivity contribution in [3.63, 3.8) is 0 Å². The number of imidazole rings is 1. The topological polar surface area (TPSA) is 17.8 Å². The van der Waals surface area contributed by atoms with Gasteiger partial charge in [0.1, 0.15) is 5.82 Å². The highest BCUT2D eigenvalue weighted by Crippen LogP contribution is 2.72. The summed E-state index contributed by atoms with van der Waals surface area (Å²) in [5.74, 6) is 4.94. The molecule has 3 saturated carbocycles. The molecule has 2 aromatic rings. The number of aromatic nitrogens is 2. The average molecular weight is 342 g/mol. The van der Waals surface area contributed by atoms with Crippen molar-refractivity contribution in [2.45, 2.75) is 31.2 Å². The Morgan fingerprint density at radius 1 is 1.10 bits per heavy atom. The molecule has 5 heteroatoms. The fraction of sp³-hybridized carbons (Fsp3) is 0.562. The van der Waals surface area contributed by atoms with Crippen LogP contribution in [0.25, 0.3) is 11.0 Å². The lowest BCUT2D eigenvalue weighted by atomic mass is 10.0. The molecule has 2 nitrogen and oxygen atoms in total. The Bertz CT molecular complexity index is 738. The van der Waals surface area contributed by atoms with Crippen LogP contribution >= 0.6 is 34.8 Å². The van der Waals surface area contributed by atoms with Gasteiger partial charge in [0.25, 0.3) is 0 Å². The summed E-state index contributed by atoms with van der Waals surface area (Å²) in [7, 11) is 0. The summed E-state index contributed by atoms with van der Waals surface area (Å²) in [5, 5.41) is 1.16. The smallest absolute Gasteiger partial charge is 0.125 e. The van der Waals surface area contributed by atoms with Gasteiger partial charge < -0.3 is 4.57 Å². The third-order valence-electron chi connectivity index (χ3n) is 5.92. The minimum atomic E-state index is 0.440. The molecule has 1 aromatic heterocycles. The molecule has 3 aliphatic rings. The van der Waals surface area contributed by atoms with Crippen LogP contribution in [0.1, 0.15) is 31.1 Å². The Hall–Kier alpha value is -0.440. The van der Waals surface area contributed by atoms with Crippen molar-refractivity contribution in [1.29, 1.82) is 0 Å². The van der Waals surface area contributed by atoms with E-state index in [0.29, 0.717) is 22.0 Å². The van der Waals surface area contributed by atoms with Crippen LogP contribution in [0.5, 0.6) is 0 Å². The third kappa shape index (κ3) is 1.64. The average Bonchev–Trinajstić information content (AvgIpc) is 2.82. The number of fused-ring (bicyclic) bond motifs is 6. The van der Waals surface area contributed by atoms with Gasteiger partial charge in [0.15, 0.2) is 0 Å². The molecular formula is C16H15Cl3N2. The molecule has 0 amide bonds. The third-order valence-corrected chi connectivity index (χ3v) is 6.88. The van der Waals surface area contributed by atoms with Crippen molar-refractivity contribution in [3.8, 4) is 0 Å². The molecule has 1 aromatic carbocycles.